The highest BCUT2D eigenvalue weighted by Crippen LogP contribution is 2.34. The van der Waals surface area contributed by atoms with E-state index in [0.29, 0.717) is 29.0 Å². The third-order valence-corrected chi connectivity index (χ3v) is 4.73. The number of thiocarbonyl (C=S) groups is 1. The maximum atomic E-state index is 12.5. The van der Waals surface area contributed by atoms with Crippen LogP contribution in [0.3, 0.4) is 0 Å². The van der Waals surface area contributed by atoms with Crippen molar-refractivity contribution in [1.29, 1.82) is 0 Å². The molecule has 0 spiro atoms. The number of benzene rings is 1. The van der Waals surface area contributed by atoms with E-state index in [1.807, 2.05) is 30.3 Å². The first-order valence-electron chi connectivity index (χ1n) is 7.63. The monoisotopic (exact) mass is 351 g/mol. The molecule has 23 heavy (non-hydrogen) atoms. The Morgan fingerprint density at radius 1 is 1.30 bits per heavy atom. The van der Waals surface area contributed by atoms with Crippen molar-refractivity contribution in [3.63, 3.8) is 0 Å². The minimum Gasteiger partial charge on any atom is -0.493 e. The topological polar surface area (TPSA) is 38.8 Å². The minimum absolute atomic E-state index is 0.0691. The van der Waals surface area contributed by atoms with Crippen LogP contribution in [-0.2, 0) is 9.53 Å². The summed E-state index contributed by atoms with van der Waals surface area (Å²) in [5.74, 6) is 0.725. The highest BCUT2D eigenvalue weighted by atomic mass is 32.2. The minimum atomic E-state index is -0.0691. The predicted octanol–water partition coefficient (Wildman–Crippen LogP) is 3.71. The van der Waals surface area contributed by atoms with E-state index in [9.17, 15) is 4.79 Å². The van der Waals surface area contributed by atoms with Crippen LogP contribution in [0.1, 0.15) is 25.3 Å². The van der Waals surface area contributed by atoms with Gasteiger partial charge in [0.05, 0.1) is 24.7 Å². The molecular formula is C17H21NO3S2. The van der Waals surface area contributed by atoms with Gasteiger partial charge in [0.2, 0.25) is 0 Å². The van der Waals surface area contributed by atoms with Crippen molar-refractivity contribution in [2.45, 2.75) is 19.8 Å². The molecule has 1 aliphatic rings. The average molecular weight is 351 g/mol. The van der Waals surface area contributed by atoms with Crippen LogP contribution in [-0.4, -0.2) is 42.0 Å². The number of unbranched alkanes of at least 4 members (excludes halogenated alkanes) is 1. The smallest absolute Gasteiger partial charge is 0.266 e. The Kier molecular flexibility index (Phi) is 7.08. The third-order valence-electron chi connectivity index (χ3n) is 3.35. The molecule has 1 amide bonds. The second-order valence-electron chi connectivity index (χ2n) is 5.07. The number of nitrogens with zero attached hydrogens (tertiary/aromatic N) is 1. The van der Waals surface area contributed by atoms with Crippen molar-refractivity contribution >= 4 is 40.3 Å². The normalized spacial score (nSPS) is 16.4. The summed E-state index contributed by atoms with van der Waals surface area (Å²) in [6.45, 7) is 3.75. The molecule has 0 radical (unpaired) electrons. The number of carbonyl (C=O) groups is 1. The molecule has 2 rings (SSSR count). The zero-order valence-electron chi connectivity index (χ0n) is 13.4. The van der Waals surface area contributed by atoms with Crippen molar-refractivity contribution in [2.24, 2.45) is 0 Å². The molecule has 1 heterocycles. The van der Waals surface area contributed by atoms with Gasteiger partial charge in [-0.25, -0.2) is 0 Å². The first-order chi connectivity index (χ1) is 11.2. The highest BCUT2D eigenvalue weighted by Gasteiger charge is 2.31. The summed E-state index contributed by atoms with van der Waals surface area (Å²) >= 11 is 6.61. The Morgan fingerprint density at radius 3 is 2.83 bits per heavy atom. The molecule has 0 aromatic heterocycles. The Morgan fingerprint density at radius 2 is 2.09 bits per heavy atom. The lowest BCUT2D eigenvalue weighted by atomic mass is 10.2. The average Bonchev–Trinajstić information content (AvgIpc) is 2.81. The number of ether oxygens (including phenoxy) is 2. The number of hydrogen-bond donors (Lipinski definition) is 0. The number of carbonyl (C=O) groups excluding carboxylic acids is 1. The van der Waals surface area contributed by atoms with Crippen molar-refractivity contribution in [2.75, 3.05) is 26.9 Å². The van der Waals surface area contributed by atoms with Crippen LogP contribution in [0.2, 0.25) is 0 Å². The first kappa shape index (κ1) is 18.0. The lowest BCUT2D eigenvalue weighted by molar-refractivity contribution is -0.122. The van der Waals surface area contributed by atoms with E-state index in [2.05, 4.69) is 6.92 Å². The summed E-state index contributed by atoms with van der Waals surface area (Å²) in [6, 6.07) is 7.74. The third kappa shape index (κ3) is 4.80. The molecule has 124 valence electrons. The lowest BCUT2D eigenvalue weighted by Crippen LogP contribution is -2.31. The van der Waals surface area contributed by atoms with Crippen LogP contribution in [0.4, 0.5) is 0 Å². The van der Waals surface area contributed by atoms with Crippen LogP contribution >= 0.6 is 24.0 Å². The SMILES string of the molecule is CCCCOc1ccccc1/C=C1/SC(=S)N(CCOC)C1=O. The van der Waals surface area contributed by atoms with Gasteiger partial charge in [-0.1, -0.05) is 55.5 Å². The molecule has 0 bridgehead atoms. The number of hydrogen-bond acceptors (Lipinski definition) is 5. The Bertz CT molecular complexity index is 601. The summed E-state index contributed by atoms with van der Waals surface area (Å²) in [7, 11) is 1.61. The van der Waals surface area contributed by atoms with E-state index in [-0.39, 0.29) is 5.91 Å². The van der Waals surface area contributed by atoms with Gasteiger partial charge in [0.25, 0.3) is 5.91 Å². The van der Waals surface area contributed by atoms with Gasteiger partial charge in [-0.3, -0.25) is 9.69 Å². The number of amides is 1. The van der Waals surface area contributed by atoms with E-state index in [4.69, 9.17) is 21.7 Å². The molecule has 0 N–H and O–H groups in total. The lowest BCUT2D eigenvalue weighted by Gasteiger charge is -2.13. The summed E-state index contributed by atoms with van der Waals surface area (Å²) in [5.41, 5.74) is 0.899. The van der Waals surface area contributed by atoms with Gasteiger partial charge >= 0.3 is 0 Å². The van der Waals surface area contributed by atoms with Gasteiger partial charge in [-0.15, -0.1) is 0 Å². The zero-order valence-corrected chi connectivity index (χ0v) is 15.0. The number of para-hydroxylation sites is 1. The molecule has 0 saturated carbocycles. The largest absolute Gasteiger partial charge is 0.493 e. The van der Waals surface area contributed by atoms with Crippen molar-refractivity contribution < 1.29 is 14.3 Å². The summed E-state index contributed by atoms with van der Waals surface area (Å²) in [6.07, 6.45) is 3.95. The number of rotatable bonds is 8. The van der Waals surface area contributed by atoms with Gasteiger partial charge in [-0.2, -0.15) is 0 Å². The molecule has 0 atom stereocenters. The summed E-state index contributed by atoms with van der Waals surface area (Å²) in [5, 5.41) is 0. The van der Waals surface area contributed by atoms with E-state index in [1.165, 1.54) is 11.8 Å². The van der Waals surface area contributed by atoms with Crippen LogP contribution in [0, 0.1) is 0 Å². The summed E-state index contributed by atoms with van der Waals surface area (Å²) in [4.78, 5) is 14.7. The Labute approximate surface area is 146 Å². The quantitative estimate of drug-likeness (QED) is 0.405. The van der Waals surface area contributed by atoms with Crippen LogP contribution in [0.5, 0.6) is 5.75 Å². The predicted molar refractivity (Wildman–Crippen MR) is 98.6 cm³/mol. The van der Waals surface area contributed by atoms with E-state index in [0.717, 1.165) is 24.2 Å². The first-order valence-corrected chi connectivity index (χ1v) is 8.86. The molecule has 0 unspecified atom stereocenters. The second kappa shape index (κ2) is 9.05. The van der Waals surface area contributed by atoms with Crippen molar-refractivity contribution in [3.05, 3.63) is 34.7 Å². The van der Waals surface area contributed by atoms with Crippen molar-refractivity contribution in [3.8, 4) is 5.75 Å². The van der Waals surface area contributed by atoms with E-state index < -0.39 is 0 Å². The molecule has 1 aromatic rings. The molecule has 1 aromatic carbocycles. The molecule has 1 fully saturated rings. The molecule has 6 heteroatoms. The maximum Gasteiger partial charge on any atom is 0.266 e. The Balaban J connectivity index is 2.15. The van der Waals surface area contributed by atoms with Gasteiger partial charge in [0.1, 0.15) is 10.1 Å². The molecule has 1 aliphatic heterocycles. The Hall–Kier alpha value is -1.37. The fraction of sp³-hybridized carbons (Fsp3) is 0.412. The van der Waals surface area contributed by atoms with Crippen LogP contribution in [0.15, 0.2) is 29.2 Å². The molecule has 4 nitrogen and oxygen atoms in total. The van der Waals surface area contributed by atoms with Gasteiger partial charge in [0.15, 0.2) is 0 Å². The molecule has 1 saturated heterocycles. The van der Waals surface area contributed by atoms with Crippen molar-refractivity contribution in [1.82, 2.24) is 4.90 Å². The van der Waals surface area contributed by atoms with Gasteiger partial charge in [-0.05, 0) is 18.6 Å². The highest BCUT2D eigenvalue weighted by molar-refractivity contribution is 8.26. The number of methoxy groups -OCH3 is 1. The maximum absolute atomic E-state index is 12.5. The zero-order chi connectivity index (χ0) is 16.7. The standard InChI is InChI=1S/C17H21NO3S2/c1-3-4-10-21-14-8-6-5-7-13(14)12-15-16(19)18(9-11-20-2)17(22)23-15/h5-8,12H,3-4,9-11H2,1-2H3/b15-12+. The van der Waals surface area contributed by atoms with E-state index in [1.54, 1.807) is 12.0 Å². The number of thioether (sulfide) groups is 1. The molecular weight excluding hydrogens is 330 g/mol. The van der Waals surface area contributed by atoms with Crippen LogP contribution < -0.4 is 4.74 Å². The van der Waals surface area contributed by atoms with E-state index >= 15 is 0 Å². The second-order valence-corrected chi connectivity index (χ2v) is 6.74. The fourth-order valence-electron chi connectivity index (χ4n) is 2.07. The summed E-state index contributed by atoms with van der Waals surface area (Å²) < 4.78 is 11.4. The molecule has 0 aliphatic carbocycles. The van der Waals surface area contributed by atoms with Gasteiger partial charge < -0.3 is 9.47 Å². The van der Waals surface area contributed by atoms with Gasteiger partial charge in [0, 0.05) is 12.7 Å². The fourth-order valence-corrected chi connectivity index (χ4v) is 3.37. The van der Waals surface area contributed by atoms with Crippen LogP contribution in [0.25, 0.3) is 6.08 Å².